The van der Waals surface area contributed by atoms with E-state index in [1.54, 1.807) is 0 Å². The Hall–Kier alpha value is -2.40. The van der Waals surface area contributed by atoms with Crippen molar-refractivity contribution in [2.75, 3.05) is 0 Å². The molecule has 2 aromatic rings. The lowest BCUT2D eigenvalue weighted by Gasteiger charge is -2.07. The van der Waals surface area contributed by atoms with Gasteiger partial charge in [0.1, 0.15) is 5.82 Å². The standard InChI is InChI=1S/C14H9ClFNO3/c15-11-4-2-7(5-10(11)13(17)18)9-3-1-8(14(19)20)6-12(9)16/h1-6H,(H2,17,18)(H,19,20). The summed E-state index contributed by atoms with van der Waals surface area (Å²) in [5, 5.41) is 8.95. The van der Waals surface area contributed by atoms with E-state index >= 15 is 0 Å². The maximum atomic E-state index is 13.9. The minimum Gasteiger partial charge on any atom is -0.478 e. The van der Waals surface area contributed by atoms with E-state index in [0.29, 0.717) is 5.56 Å². The van der Waals surface area contributed by atoms with Crippen molar-refractivity contribution in [3.8, 4) is 11.1 Å². The van der Waals surface area contributed by atoms with Crippen LogP contribution in [0.15, 0.2) is 36.4 Å². The van der Waals surface area contributed by atoms with E-state index in [9.17, 15) is 14.0 Å². The summed E-state index contributed by atoms with van der Waals surface area (Å²) >= 11 is 5.81. The van der Waals surface area contributed by atoms with E-state index in [4.69, 9.17) is 22.4 Å². The maximum absolute atomic E-state index is 13.9. The third kappa shape index (κ3) is 2.62. The van der Waals surface area contributed by atoms with Crippen LogP contribution in [-0.4, -0.2) is 17.0 Å². The molecule has 0 atom stereocenters. The highest BCUT2D eigenvalue weighted by atomic mass is 35.5. The molecule has 0 bridgehead atoms. The number of hydrogen-bond acceptors (Lipinski definition) is 2. The van der Waals surface area contributed by atoms with E-state index < -0.39 is 17.7 Å². The highest BCUT2D eigenvalue weighted by Gasteiger charge is 2.13. The first kappa shape index (κ1) is 14.0. The second-order valence-electron chi connectivity index (χ2n) is 4.06. The van der Waals surface area contributed by atoms with Crippen LogP contribution < -0.4 is 5.73 Å². The molecule has 102 valence electrons. The smallest absolute Gasteiger partial charge is 0.335 e. The van der Waals surface area contributed by atoms with Crippen molar-refractivity contribution >= 4 is 23.5 Å². The normalized spacial score (nSPS) is 10.3. The number of halogens is 2. The first-order valence-corrected chi connectivity index (χ1v) is 5.90. The molecule has 0 aliphatic heterocycles. The summed E-state index contributed by atoms with van der Waals surface area (Å²) in [6, 6.07) is 7.83. The van der Waals surface area contributed by atoms with Gasteiger partial charge in [-0.2, -0.15) is 0 Å². The number of rotatable bonds is 3. The summed E-state index contributed by atoms with van der Waals surface area (Å²) in [5.74, 6) is -2.65. The molecule has 0 radical (unpaired) electrons. The number of carboxylic acids is 1. The zero-order valence-corrected chi connectivity index (χ0v) is 10.8. The molecule has 0 saturated heterocycles. The molecule has 3 N–H and O–H groups in total. The summed E-state index contributed by atoms with van der Waals surface area (Å²) < 4.78 is 13.9. The van der Waals surface area contributed by atoms with Gasteiger partial charge >= 0.3 is 5.97 Å². The molecule has 0 fully saturated rings. The molecule has 2 rings (SSSR count). The summed E-state index contributed by atoms with van der Waals surface area (Å²) in [6.45, 7) is 0. The molecule has 0 spiro atoms. The molecule has 0 aliphatic carbocycles. The molecule has 0 heterocycles. The average molecular weight is 294 g/mol. The Morgan fingerprint density at radius 1 is 1.15 bits per heavy atom. The number of carbonyl (C=O) groups excluding carboxylic acids is 1. The number of amides is 1. The fourth-order valence-corrected chi connectivity index (χ4v) is 1.97. The average Bonchev–Trinajstić information content (AvgIpc) is 2.39. The van der Waals surface area contributed by atoms with Gasteiger partial charge in [-0.1, -0.05) is 23.7 Å². The van der Waals surface area contributed by atoms with Gasteiger partial charge in [0, 0.05) is 5.56 Å². The van der Waals surface area contributed by atoms with Gasteiger partial charge in [-0.3, -0.25) is 4.79 Å². The number of carboxylic acid groups (broad SMARTS) is 1. The van der Waals surface area contributed by atoms with Gasteiger partial charge in [-0.05, 0) is 29.8 Å². The van der Waals surface area contributed by atoms with Crippen molar-refractivity contribution in [3.63, 3.8) is 0 Å². The van der Waals surface area contributed by atoms with Crippen LogP contribution in [0.25, 0.3) is 11.1 Å². The lowest BCUT2D eigenvalue weighted by atomic mass is 10.0. The van der Waals surface area contributed by atoms with Crippen molar-refractivity contribution < 1.29 is 19.1 Å². The zero-order valence-electron chi connectivity index (χ0n) is 10.1. The second kappa shape index (κ2) is 5.30. The molecule has 4 nitrogen and oxygen atoms in total. The fourth-order valence-electron chi connectivity index (χ4n) is 1.76. The van der Waals surface area contributed by atoms with Gasteiger partial charge in [0.2, 0.25) is 5.91 Å². The molecule has 0 saturated carbocycles. The quantitative estimate of drug-likeness (QED) is 0.913. The SMILES string of the molecule is NC(=O)c1cc(-c2ccc(C(=O)O)cc2F)ccc1Cl. The molecule has 2 aromatic carbocycles. The number of nitrogens with two attached hydrogens (primary N) is 1. The monoisotopic (exact) mass is 293 g/mol. The predicted molar refractivity (Wildman–Crippen MR) is 72.3 cm³/mol. The first-order chi connectivity index (χ1) is 9.40. The van der Waals surface area contributed by atoms with Crippen LogP contribution in [0, 0.1) is 5.82 Å². The zero-order chi connectivity index (χ0) is 14.9. The number of aromatic carboxylic acids is 1. The predicted octanol–water partition coefficient (Wildman–Crippen LogP) is 2.94. The van der Waals surface area contributed by atoms with Crippen molar-refractivity contribution in [1.29, 1.82) is 0 Å². The van der Waals surface area contributed by atoms with E-state index in [1.807, 2.05) is 0 Å². The summed E-state index contributed by atoms with van der Waals surface area (Å²) in [6.07, 6.45) is 0. The third-order valence-corrected chi connectivity index (χ3v) is 3.09. The summed E-state index contributed by atoms with van der Waals surface area (Å²) in [7, 11) is 0. The van der Waals surface area contributed by atoms with E-state index in [0.717, 1.165) is 6.07 Å². The number of benzene rings is 2. The van der Waals surface area contributed by atoms with Crippen LogP contribution in [-0.2, 0) is 0 Å². The van der Waals surface area contributed by atoms with Crippen molar-refractivity contribution in [2.45, 2.75) is 0 Å². The van der Waals surface area contributed by atoms with E-state index in [-0.39, 0.29) is 21.7 Å². The van der Waals surface area contributed by atoms with Crippen LogP contribution in [0.5, 0.6) is 0 Å². The maximum Gasteiger partial charge on any atom is 0.335 e. The molecule has 0 unspecified atom stereocenters. The Morgan fingerprint density at radius 3 is 2.40 bits per heavy atom. The Morgan fingerprint density at radius 2 is 1.85 bits per heavy atom. The van der Waals surface area contributed by atoms with Gasteiger partial charge in [-0.15, -0.1) is 0 Å². The molecule has 1 amide bonds. The fraction of sp³-hybridized carbons (Fsp3) is 0. The molecule has 0 aliphatic rings. The summed E-state index contributed by atoms with van der Waals surface area (Å²) in [4.78, 5) is 21.9. The number of carbonyl (C=O) groups is 2. The minimum absolute atomic E-state index is 0.0749. The van der Waals surface area contributed by atoms with Gasteiger partial charge in [0.15, 0.2) is 0 Å². The summed E-state index contributed by atoms with van der Waals surface area (Å²) in [5.41, 5.74) is 5.63. The highest BCUT2D eigenvalue weighted by Crippen LogP contribution is 2.27. The van der Waals surface area contributed by atoms with E-state index in [1.165, 1.54) is 30.3 Å². The van der Waals surface area contributed by atoms with Crippen molar-refractivity contribution in [3.05, 3.63) is 58.4 Å². The van der Waals surface area contributed by atoms with Crippen LogP contribution in [0.2, 0.25) is 5.02 Å². The highest BCUT2D eigenvalue weighted by molar-refractivity contribution is 6.33. The minimum atomic E-state index is -1.22. The van der Waals surface area contributed by atoms with Gasteiger partial charge in [0.05, 0.1) is 16.1 Å². The molecule has 20 heavy (non-hydrogen) atoms. The Bertz CT molecular complexity index is 716. The van der Waals surface area contributed by atoms with Crippen LogP contribution in [0.3, 0.4) is 0 Å². The molecule has 6 heteroatoms. The lowest BCUT2D eigenvalue weighted by Crippen LogP contribution is -2.11. The number of hydrogen-bond donors (Lipinski definition) is 2. The molecule has 0 aromatic heterocycles. The third-order valence-electron chi connectivity index (χ3n) is 2.76. The van der Waals surface area contributed by atoms with Gasteiger partial charge in [-0.25, -0.2) is 9.18 Å². The Labute approximate surface area is 118 Å². The first-order valence-electron chi connectivity index (χ1n) is 5.52. The largest absolute Gasteiger partial charge is 0.478 e. The van der Waals surface area contributed by atoms with Gasteiger partial charge < -0.3 is 10.8 Å². The van der Waals surface area contributed by atoms with Crippen LogP contribution in [0.1, 0.15) is 20.7 Å². The molecular formula is C14H9ClFNO3. The van der Waals surface area contributed by atoms with Gasteiger partial charge in [0.25, 0.3) is 0 Å². The molecular weight excluding hydrogens is 285 g/mol. The topological polar surface area (TPSA) is 80.4 Å². The van der Waals surface area contributed by atoms with Crippen LogP contribution in [0.4, 0.5) is 4.39 Å². The second-order valence-corrected chi connectivity index (χ2v) is 4.47. The van der Waals surface area contributed by atoms with Crippen LogP contribution >= 0.6 is 11.6 Å². The van der Waals surface area contributed by atoms with Crippen molar-refractivity contribution in [1.82, 2.24) is 0 Å². The Kier molecular flexibility index (Phi) is 3.72. The van der Waals surface area contributed by atoms with E-state index in [2.05, 4.69) is 0 Å². The Balaban J connectivity index is 2.54. The van der Waals surface area contributed by atoms with Crippen molar-refractivity contribution in [2.24, 2.45) is 5.73 Å². The lowest BCUT2D eigenvalue weighted by molar-refractivity contribution is 0.0696. The number of primary amides is 1.